The third kappa shape index (κ3) is 2.31. The predicted octanol–water partition coefficient (Wildman–Crippen LogP) is 4.16. The summed E-state index contributed by atoms with van der Waals surface area (Å²) in [6.45, 7) is 0.262. The molecule has 2 aromatic heterocycles. The molecule has 0 atom stereocenters. The van der Waals surface area contributed by atoms with E-state index < -0.39 is 0 Å². The first-order chi connectivity index (χ1) is 13.3. The largest absolute Gasteiger partial charge is 0.487 e. The van der Waals surface area contributed by atoms with E-state index >= 15 is 0 Å². The molecule has 1 aliphatic heterocycles. The summed E-state index contributed by atoms with van der Waals surface area (Å²) in [5.41, 5.74) is 4.13. The van der Waals surface area contributed by atoms with Crippen molar-refractivity contribution in [3.63, 3.8) is 0 Å². The Morgan fingerprint density at radius 1 is 1.07 bits per heavy atom. The number of aromatic nitrogens is 2. The number of carbonyl (C=O) groups excluding carboxylic acids is 1. The minimum atomic E-state index is -0.135. The Kier molecular flexibility index (Phi) is 3.31. The van der Waals surface area contributed by atoms with Crippen molar-refractivity contribution in [2.45, 2.75) is 6.61 Å². The molecule has 3 heterocycles. The highest BCUT2D eigenvalue weighted by Crippen LogP contribution is 2.40. The standard InChI is InChI=1S/C22H13N3O2/c23-12-14-5-3-6-15(11-14)13-27-21-16-7-1-2-8-17(16)24-20-18-9-4-10-25(18)22(26)19(20)21/h1-11H,13H2. The summed E-state index contributed by atoms with van der Waals surface area (Å²) in [6, 6.07) is 20.7. The average molecular weight is 351 g/mol. The number of hydrogen-bond donors (Lipinski definition) is 0. The molecule has 0 spiro atoms. The Hall–Kier alpha value is -3.91. The van der Waals surface area contributed by atoms with E-state index in [2.05, 4.69) is 6.07 Å². The number of nitriles is 1. The first-order valence-electron chi connectivity index (χ1n) is 8.53. The van der Waals surface area contributed by atoms with Gasteiger partial charge in [-0.2, -0.15) is 5.26 Å². The Morgan fingerprint density at radius 2 is 1.96 bits per heavy atom. The lowest BCUT2D eigenvalue weighted by Gasteiger charge is -2.13. The Balaban J connectivity index is 1.65. The SMILES string of the molecule is N#Cc1cccc(COc2c3c(nc4ccccc24)-c2cccn2C3=O)c1. The zero-order valence-electron chi connectivity index (χ0n) is 14.2. The van der Waals surface area contributed by atoms with Crippen LogP contribution in [0.1, 0.15) is 21.5 Å². The Bertz CT molecular complexity index is 1260. The van der Waals surface area contributed by atoms with E-state index in [9.17, 15) is 4.79 Å². The summed E-state index contributed by atoms with van der Waals surface area (Å²) >= 11 is 0. The van der Waals surface area contributed by atoms with E-state index in [0.29, 0.717) is 22.6 Å². The predicted molar refractivity (Wildman–Crippen MR) is 100 cm³/mol. The van der Waals surface area contributed by atoms with Gasteiger partial charge in [0.15, 0.2) is 0 Å². The maximum atomic E-state index is 12.9. The molecule has 2 aromatic carbocycles. The van der Waals surface area contributed by atoms with Crippen molar-refractivity contribution in [3.8, 4) is 23.2 Å². The molecule has 0 bridgehead atoms. The Morgan fingerprint density at radius 3 is 2.85 bits per heavy atom. The third-order valence-electron chi connectivity index (χ3n) is 4.71. The molecule has 27 heavy (non-hydrogen) atoms. The molecule has 5 rings (SSSR count). The minimum absolute atomic E-state index is 0.135. The zero-order chi connectivity index (χ0) is 18.4. The van der Waals surface area contributed by atoms with Crippen LogP contribution < -0.4 is 4.74 Å². The number of pyridine rings is 1. The first kappa shape index (κ1) is 15.4. The topological polar surface area (TPSA) is 67.9 Å². The number of carbonyl (C=O) groups is 1. The van der Waals surface area contributed by atoms with Crippen LogP contribution in [-0.4, -0.2) is 15.5 Å². The van der Waals surface area contributed by atoms with Gasteiger partial charge in [-0.1, -0.05) is 24.3 Å². The van der Waals surface area contributed by atoms with Crippen LogP contribution in [0, 0.1) is 11.3 Å². The van der Waals surface area contributed by atoms with Crippen LogP contribution in [0.15, 0.2) is 66.9 Å². The van der Waals surface area contributed by atoms with Gasteiger partial charge in [0, 0.05) is 11.6 Å². The van der Waals surface area contributed by atoms with Crippen LogP contribution >= 0.6 is 0 Å². The van der Waals surface area contributed by atoms with Crippen LogP contribution in [0.4, 0.5) is 0 Å². The molecule has 0 aliphatic carbocycles. The van der Waals surface area contributed by atoms with E-state index in [4.69, 9.17) is 15.0 Å². The summed E-state index contributed by atoms with van der Waals surface area (Å²) in [5, 5.41) is 9.88. The van der Waals surface area contributed by atoms with Crippen LogP contribution in [0.3, 0.4) is 0 Å². The number of benzene rings is 2. The maximum Gasteiger partial charge on any atom is 0.268 e. The molecule has 0 fully saturated rings. The minimum Gasteiger partial charge on any atom is -0.487 e. The fourth-order valence-corrected chi connectivity index (χ4v) is 3.47. The van der Waals surface area contributed by atoms with Crippen LogP contribution in [-0.2, 0) is 6.61 Å². The molecule has 4 aromatic rings. The highest BCUT2D eigenvalue weighted by atomic mass is 16.5. The van der Waals surface area contributed by atoms with Crippen molar-refractivity contribution in [1.29, 1.82) is 5.26 Å². The fourth-order valence-electron chi connectivity index (χ4n) is 3.47. The molecule has 5 heteroatoms. The van der Waals surface area contributed by atoms with Crippen molar-refractivity contribution < 1.29 is 9.53 Å². The molecule has 5 nitrogen and oxygen atoms in total. The van der Waals surface area contributed by atoms with E-state index in [0.717, 1.165) is 22.2 Å². The number of para-hydroxylation sites is 1. The normalized spacial score (nSPS) is 11.9. The molecular formula is C22H13N3O2. The van der Waals surface area contributed by atoms with Gasteiger partial charge in [0.2, 0.25) is 0 Å². The molecule has 1 aliphatic rings. The molecule has 0 N–H and O–H groups in total. The Labute approximate surface area is 155 Å². The molecular weight excluding hydrogens is 338 g/mol. The first-order valence-corrected chi connectivity index (χ1v) is 8.53. The van der Waals surface area contributed by atoms with Gasteiger partial charge in [0.25, 0.3) is 5.91 Å². The van der Waals surface area contributed by atoms with Crippen molar-refractivity contribution >= 4 is 16.8 Å². The van der Waals surface area contributed by atoms with Crippen LogP contribution in [0.2, 0.25) is 0 Å². The van der Waals surface area contributed by atoms with E-state index in [1.54, 1.807) is 22.9 Å². The van der Waals surface area contributed by atoms with Gasteiger partial charge in [-0.25, -0.2) is 4.98 Å². The van der Waals surface area contributed by atoms with Crippen molar-refractivity contribution in [2.75, 3.05) is 0 Å². The van der Waals surface area contributed by atoms with E-state index in [-0.39, 0.29) is 12.5 Å². The smallest absolute Gasteiger partial charge is 0.268 e. The number of fused-ring (bicyclic) bond motifs is 4. The summed E-state index contributed by atoms with van der Waals surface area (Å²) in [4.78, 5) is 17.6. The van der Waals surface area contributed by atoms with Crippen LogP contribution in [0.25, 0.3) is 22.3 Å². The van der Waals surface area contributed by atoms with Crippen molar-refractivity contribution in [1.82, 2.24) is 9.55 Å². The molecule has 0 saturated carbocycles. The van der Waals surface area contributed by atoms with Crippen LogP contribution in [0.5, 0.6) is 5.75 Å². The van der Waals surface area contributed by atoms with Gasteiger partial charge >= 0.3 is 0 Å². The third-order valence-corrected chi connectivity index (χ3v) is 4.71. The van der Waals surface area contributed by atoms with Crippen molar-refractivity contribution in [3.05, 3.63) is 83.6 Å². The molecule has 0 unspecified atom stereocenters. The molecule has 128 valence electrons. The maximum absolute atomic E-state index is 12.9. The summed E-state index contributed by atoms with van der Waals surface area (Å²) in [5.74, 6) is 0.399. The second kappa shape index (κ2) is 5.82. The lowest BCUT2D eigenvalue weighted by Crippen LogP contribution is -2.08. The van der Waals surface area contributed by atoms with E-state index in [1.807, 2.05) is 48.5 Å². The fraction of sp³-hybridized carbons (Fsp3) is 0.0455. The summed E-state index contributed by atoms with van der Waals surface area (Å²) in [6.07, 6.45) is 1.74. The number of hydrogen-bond acceptors (Lipinski definition) is 4. The zero-order valence-corrected chi connectivity index (χ0v) is 14.2. The summed E-state index contributed by atoms with van der Waals surface area (Å²) in [7, 11) is 0. The van der Waals surface area contributed by atoms with E-state index in [1.165, 1.54) is 0 Å². The number of nitrogens with zero attached hydrogens (tertiary/aromatic N) is 3. The van der Waals surface area contributed by atoms with Gasteiger partial charge in [0.05, 0.1) is 22.8 Å². The second-order valence-corrected chi connectivity index (χ2v) is 6.35. The van der Waals surface area contributed by atoms with Gasteiger partial charge in [0.1, 0.15) is 23.6 Å². The molecule has 0 saturated heterocycles. The highest BCUT2D eigenvalue weighted by molar-refractivity contribution is 6.13. The molecule has 0 radical (unpaired) electrons. The second-order valence-electron chi connectivity index (χ2n) is 6.35. The average Bonchev–Trinajstić information content (AvgIpc) is 3.29. The lowest BCUT2D eigenvalue weighted by atomic mass is 10.1. The highest BCUT2D eigenvalue weighted by Gasteiger charge is 2.32. The lowest BCUT2D eigenvalue weighted by molar-refractivity contribution is 0.0965. The molecule has 0 amide bonds. The van der Waals surface area contributed by atoms with Crippen molar-refractivity contribution in [2.24, 2.45) is 0 Å². The summed E-state index contributed by atoms with van der Waals surface area (Å²) < 4.78 is 7.73. The van der Waals surface area contributed by atoms with Gasteiger partial charge in [-0.3, -0.25) is 9.36 Å². The number of rotatable bonds is 3. The van der Waals surface area contributed by atoms with Gasteiger partial charge < -0.3 is 4.74 Å². The number of ether oxygens (including phenoxy) is 1. The quantitative estimate of drug-likeness (QED) is 0.489. The van der Waals surface area contributed by atoms with Gasteiger partial charge in [-0.15, -0.1) is 0 Å². The monoisotopic (exact) mass is 351 g/mol. The van der Waals surface area contributed by atoms with Gasteiger partial charge in [-0.05, 0) is 42.0 Å².